The molecule has 0 saturated heterocycles. The van der Waals surface area contributed by atoms with E-state index in [1.165, 1.54) is 0 Å². The number of carbonyl (C=O) groups is 2. The Kier molecular flexibility index (Phi) is 6.30. The van der Waals surface area contributed by atoms with Crippen molar-refractivity contribution in [3.05, 3.63) is 20.8 Å². The van der Waals surface area contributed by atoms with Crippen molar-refractivity contribution in [1.82, 2.24) is 10.2 Å². The molecule has 2 amide bonds. The highest BCUT2D eigenvalue weighted by Crippen LogP contribution is 2.20. The van der Waals surface area contributed by atoms with Crippen LogP contribution in [-0.2, 0) is 11.3 Å². The second-order valence-corrected chi connectivity index (χ2v) is 6.26. The van der Waals surface area contributed by atoms with Crippen molar-refractivity contribution in [3.63, 3.8) is 0 Å². The van der Waals surface area contributed by atoms with Gasteiger partial charge in [-0.05, 0) is 28.4 Å². The van der Waals surface area contributed by atoms with E-state index < -0.39 is 11.9 Å². The zero-order valence-corrected chi connectivity index (χ0v) is 13.3. The van der Waals surface area contributed by atoms with Gasteiger partial charge < -0.3 is 15.3 Å². The van der Waals surface area contributed by atoms with E-state index in [2.05, 4.69) is 21.2 Å². The number of carboxylic acids is 1. The summed E-state index contributed by atoms with van der Waals surface area (Å²) in [5.41, 5.74) is 0. The number of thiophene rings is 1. The highest BCUT2D eigenvalue weighted by atomic mass is 79.9. The minimum atomic E-state index is -0.842. The molecule has 1 rings (SSSR count). The quantitative estimate of drug-likeness (QED) is 0.830. The molecule has 1 aromatic heterocycles. The van der Waals surface area contributed by atoms with Gasteiger partial charge in [-0.15, -0.1) is 11.3 Å². The van der Waals surface area contributed by atoms with Crippen molar-refractivity contribution in [1.29, 1.82) is 0 Å². The van der Waals surface area contributed by atoms with Crippen LogP contribution in [-0.4, -0.2) is 35.6 Å². The summed E-state index contributed by atoms with van der Waals surface area (Å²) in [7, 11) is 1.71. The van der Waals surface area contributed by atoms with Crippen LogP contribution in [0.1, 0.15) is 18.2 Å². The Labute approximate surface area is 124 Å². The van der Waals surface area contributed by atoms with E-state index in [-0.39, 0.29) is 6.03 Å². The lowest BCUT2D eigenvalue weighted by molar-refractivity contribution is -0.141. The topological polar surface area (TPSA) is 69.6 Å². The number of urea groups is 1. The third kappa shape index (κ3) is 5.61. The van der Waals surface area contributed by atoms with E-state index in [0.717, 1.165) is 9.35 Å². The summed E-state index contributed by atoms with van der Waals surface area (Å²) in [5.74, 6) is -1.29. The summed E-state index contributed by atoms with van der Waals surface area (Å²) < 4.78 is 1.01. The molecule has 2 N–H and O–H groups in total. The Hall–Kier alpha value is -1.08. The van der Waals surface area contributed by atoms with Crippen LogP contribution in [0.2, 0.25) is 0 Å². The number of amides is 2. The lowest BCUT2D eigenvalue weighted by Crippen LogP contribution is -2.37. The van der Waals surface area contributed by atoms with Gasteiger partial charge in [0.25, 0.3) is 0 Å². The lowest BCUT2D eigenvalue weighted by Gasteiger charge is -2.17. The maximum atomic E-state index is 11.8. The van der Waals surface area contributed by atoms with Gasteiger partial charge in [-0.1, -0.05) is 6.92 Å². The number of carbonyl (C=O) groups excluding carboxylic acids is 1. The lowest BCUT2D eigenvalue weighted by atomic mass is 10.1. The molecule has 0 aliphatic rings. The third-order valence-electron chi connectivity index (χ3n) is 2.64. The first kappa shape index (κ1) is 16.0. The van der Waals surface area contributed by atoms with Gasteiger partial charge in [0, 0.05) is 28.3 Å². The van der Waals surface area contributed by atoms with E-state index in [1.807, 2.05) is 11.4 Å². The van der Waals surface area contributed by atoms with Crippen LogP contribution in [0.15, 0.2) is 15.9 Å². The van der Waals surface area contributed by atoms with Crippen LogP contribution < -0.4 is 5.32 Å². The molecule has 1 atom stereocenters. The Morgan fingerprint density at radius 2 is 2.26 bits per heavy atom. The first-order valence-corrected chi connectivity index (χ1v) is 7.52. The predicted molar refractivity (Wildman–Crippen MR) is 78.3 cm³/mol. The third-order valence-corrected chi connectivity index (χ3v) is 4.32. The average molecular weight is 349 g/mol. The maximum Gasteiger partial charge on any atom is 0.317 e. The first-order valence-electron chi connectivity index (χ1n) is 5.85. The fraction of sp³-hybridized carbons (Fsp3) is 0.500. The molecular formula is C12H17BrN2O3S. The molecule has 0 radical (unpaired) electrons. The minimum Gasteiger partial charge on any atom is -0.481 e. The Morgan fingerprint density at radius 3 is 2.79 bits per heavy atom. The number of carboxylic acid groups (broad SMARTS) is 1. The summed E-state index contributed by atoms with van der Waals surface area (Å²) in [6, 6.07) is 1.78. The summed E-state index contributed by atoms with van der Waals surface area (Å²) >= 11 is 4.95. The molecule has 0 saturated carbocycles. The molecule has 0 bridgehead atoms. The SMILES string of the molecule is CC(CCNC(=O)N(C)Cc1cc(Br)cs1)C(=O)O. The second-order valence-electron chi connectivity index (χ2n) is 4.35. The van der Waals surface area contributed by atoms with Crippen LogP contribution in [0, 0.1) is 5.92 Å². The standard InChI is InChI=1S/C12H17BrN2O3S/c1-8(11(16)17)3-4-14-12(18)15(2)6-10-5-9(13)7-19-10/h5,7-8H,3-4,6H2,1-2H3,(H,14,18)(H,16,17). The summed E-state index contributed by atoms with van der Waals surface area (Å²) in [6.45, 7) is 2.53. The van der Waals surface area contributed by atoms with Crippen LogP contribution in [0.3, 0.4) is 0 Å². The number of nitrogens with zero attached hydrogens (tertiary/aromatic N) is 1. The van der Waals surface area contributed by atoms with Crippen molar-refractivity contribution in [2.75, 3.05) is 13.6 Å². The first-order chi connectivity index (χ1) is 8.90. The molecule has 19 heavy (non-hydrogen) atoms. The zero-order valence-electron chi connectivity index (χ0n) is 10.9. The number of aliphatic carboxylic acids is 1. The molecule has 0 aromatic carbocycles. The highest BCUT2D eigenvalue weighted by molar-refractivity contribution is 9.10. The second kappa shape index (κ2) is 7.49. The monoisotopic (exact) mass is 348 g/mol. The van der Waals surface area contributed by atoms with Crippen molar-refractivity contribution < 1.29 is 14.7 Å². The molecule has 5 nitrogen and oxygen atoms in total. The molecule has 0 spiro atoms. The number of nitrogens with one attached hydrogen (secondary N) is 1. The van der Waals surface area contributed by atoms with Gasteiger partial charge in [0.05, 0.1) is 12.5 Å². The number of halogens is 1. The number of hydrogen-bond donors (Lipinski definition) is 2. The van der Waals surface area contributed by atoms with Gasteiger partial charge in [0.2, 0.25) is 0 Å². The average Bonchev–Trinajstić information content (AvgIpc) is 2.74. The summed E-state index contributed by atoms with van der Waals surface area (Å²) in [4.78, 5) is 25.1. The largest absolute Gasteiger partial charge is 0.481 e. The van der Waals surface area contributed by atoms with E-state index in [4.69, 9.17) is 5.11 Å². The molecule has 0 aliphatic carbocycles. The molecular weight excluding hydrogens is 332 g/mol. The van der Waals surface area contributed by atoms with E-state index in [1.54, 1.807) is 30.2 Å². The molecule has 7 heteroatoms. The van der Waals surface area contributed by atoms with Crippen molar-refractivity contribution in [2.24, 2.45) is 5.92 Å². The number of rotatable bonds is 6. The van der Waals surface area contributed by atoms with Gasteiger partial charge in [0.1, 0.15) is 0 Å². The Balaban J connectivity index is 2.31. The van der Waals surface area contributed by atoms with Crippen molar-refractivity contribution in [2.45, 2.75) is 19.9 Å². The normalized spacial score (nSPS) is 11.9. The molecule has 1 unspecified atom stereocenters. The fourth-order valence-electron chi connectivity index (χ4n) is 1.40. The summed E-state index contributed by atoms with van der Waals surface area (Å²) in [5, 5.41) is 13.4. The predicted octanol–water partition coefficient (Wildman–Crippen LogP) is 2.76. The number of hydrogen-bond acceptors (Lipinski definition) is 3. The molecule has 1 aromatic rings. The fourth-order valence-corrected chi connectivity index (χ4v) is 2.90. The molecule has 0 fully saturated rings. The van der Waals surface area contributed by atoms with E-state index >= 15 is 0 Å². The van der Waals surface area contributed by atoms with Crippen LogP contribution in [0.5, 0.6) is 0 Å². The van der Waals surface area contributed by atoms with Crippen LogP contribution in [0.4, 0.5) is 4.79 Å². The van der Waals surface area contributed by atoms with Gasteiger partial charge in [-0.3, -0.25) is 4.79 Å². The van der Waals surface area contributed by atoms with Crippen molar-refractivity contribution in [3.8, 4) is 0 Å². The molecule has 0 aliphatic heterocycles. The molecule has 1 heterocycles. The zero-order chi connectivity index (χ0) is 14.4. The smallest absolute Gasteiger partial charge is 0.317 e. The van der Waals surface area contributed by atoms with Crippen LogP contribution >= 0.6 is 27.3 Å². The van der Waals surface area contributed by atoms with E-state index in [9.17, 15) is 9.59 Å². The summed E-state index contributed by atoms with van der Waals surface area (Å²) in [6.07, 6.45) is 0.430. The van der Waals surface area contributed by atoms with E-state index in [0.29, 0.717) is 19.5 Å². The Morgan fingerprint density at radius 1 is 1.58 bits per heavy atom. The molecule has 106 valence electrons. The van der Waals surface area contributed by atoms with Crippen LogP contribution in [0.25, 0.3) is 0 Å². The highest BCUT2D eigenvalue weighted by Gasteiger charge is 2.13. The van der Waals surface area contributed by atoms with Gasteiger partial charge in [-0.25, -0.2) is 4.79 Å². The maximum absolute atomic E-state index is 11.8. The minimum absolute atomic E-state index is 0.192. The Bertz CT molecular complexity index is 450. The van der Waals surface area contributed by atoms with Gasteiger partial charge in [-0.2, -0.15) is 0 Å². The van der Waals surface area contributed by atoms with Crippen molar-refractivity contribution >= 4 is 39.3 Å². The van der Waals surface area contributed by atoms with Gasteiger partial charge >= 0.3 is 12.0 Å². The van der Waals surface area contributed by atoms with Gasteiger partial charge in [0.15, 0.2) is 0 Å².